The Kier molecular flexibility index (Phi) is 5.47. The van der Waals surface area contributed by atoms with Crippen LogP contribution in [0.15, 0.2) is 59.0 Å². The predicted octanol–water partition coefficient (Wildman–Crippen LogP) is 6.47. The number of halogens is 4. The quantitative estimate of drug-likeness (QED) is 0.511. The van der Waals surface area contributed by atoms with Crippen LogP contribution in [0.5, 0.6) is 0 Å². The van der Waals surface area contributed by atoms with Gasteiger partial charge in [-0.3, -0.25) is 4.79 Å². The Balaban J connectivity index is 1.62. The van der Waals surface area contributed by atoms with E-state index in [0.717, 1.165) is 38.1 Å². The highest BCUT2D eigenvalue weighted by Crippen LogP contribution is 2.37. The number of benzene rings is 2. The third-order valence-corrected chi connectivity index (χ3v) is 5.19. The molecule has 1 fully saturated rings. The molecule has 30 heavy (non-hydrogen) atoms. The monoisotopic (exact) mass is 434 g/mol. The van der Waals surface area contributed by atoms with E-state index in [1.54, 1.807) is 30.3 Å². The largest absolute Gasteiger partial charge is 0.451 e. The maximum absolute atomic E-state index is 13.2. The number of carbonyl (C=O) groups excluding carboxylic acids is 1. The molecule has 4 rings (SSSR count). The minimum Gasteiger partial charge on any atom is -0.451 e. The van der Waals surface area contributed by atoms with Crippen molar-refractivity contribution in [2.45, 2.75) is 19.0 Å². The van der Waals surface area contributed by atoms with Crippen LogP contribution in [0.2, 0.25) is 5.02 Å². The lowest BCUT2D eigenvalue weighted by Gasteiger charge is -2.22. The highest BCUT2D eigenvalue weighted by atomic mass is 35.5. The third-order valence-electron chi connectivity index (χ3n) is 4.96. The number of amides is 1. The lowest BCUT2D eigenvalue weighted by Crippen LogP contribution is -2.21. The van der Waals surface area contributed by atoms with Gasteiger partial charge in [0, 0.05) is 23.7 Å². The van der Waals surface area contributed by atoms with Crippen LogP contribution < -0.4 is 10.2 Å². The fourth-order valence-corrected chi connectivity index (χ4v) is 3.68. The van der Waals surface area contributed by atoms with E-state index in [1.807, 2.05) is 4.90 Å². The molecule has 0 bridgehead atoms. The summed E-state index contributed by atoms with van der Waals surface area (Å²) in [6.07, 6.45) is -2.60. The summed E-state index contributed by atoms with van der Waals surface area (Å²) in [5.74, 6) is -0.190. The van der Waals surface area contributed by atoms with Gasteiger partial charge in [0.2, 0.25) is 0 Å². The molecule has 0 radical (unpaired) electrons. The smallest absolute Gasteiger partial charge is 0.416 e. The molecule has 1 saturated heterocycles. The summed E-state index contributed by atoms with van der Waals surface area (Å²) in [6, 6.07) is 13.5. The Morgan fingerprint density at radius 1 is 1.03 bits per heavy atom. The Hall–Kier alpha value is -2.93. The van der Waals surface area contributed by atoms with Gasteiger partial charge in [-0.05, 0) is 55.3 Å². The summed E-state index contributed by atoms with van der Waals surface area (Å²) >= 11 is 5.99. The van der Waals surface area contributed by atoms with Crippen LogP contribution in [-0.2, 0) is 6.18 Å². The summed E-state index contributed by atoms with van der Waals surface area (Å²) in [5, 5.41) is 3.11. The second kappa shape index (κ2) is 8.07. The van der Waals surface area contributed by atoms with Crippen LogP contribution in [0.4, 0.5) is 24.5 Å². The van der Waals surface area contributed by atoms with Gasteiger partial charge in [0.15, 0.2) is 5.76 Å². The minimum absolute atomic E-state index is 0.00485. The van der Waals surface area contributed by atoms with Gasteiger partial charge in [0.05, 0.1) is 16.9 Å². The maximum Gasteiger partial charge on any atom is 0.416 e. The molecule has 8 heteroatoms. The van der Waals surface area contributed by atoms with Gasteiger partial charge >= 0.3 is 6.18 Å². The number of hydrogen-bond acceptors (Lipinski definition) is 3. The minimum atomic E-state index is -4.51. The van der Waals surface area contributed by atoms with Gasteiger partial charge in [0.25, 0.3) is 5.91 Å². The average molecular weight is 435 g/mol. The number of alkyl halides is 3. The zero-order valence-corrected chi connectivity index (χ0v) is 16.6. The summed E-state index contributed by atoms with van der Waals surface area (Å²) in [7, 11) is 0. The lowest BCUT2D eigenvalue weighted by molar-refractivity contribution is -0.137. The second-order valence-corrected chi connectivity index (χ2v) is 7.49. The van der Waals surface area contributed by atoms with Crippen molar-refractivity contribution < 1.29 is 22.4 Å². The van der Waals surface area contributed by atoms with E-state index in [-0.39, 0.29) is 11.4 Å². The second-order valence-electron chi connectivity index (χ2n) is 7.05. The molecule has 1 aliphatic rings. The zero-order chi connectivity index (χ0) is 21.3. The molecule has 1 aliphatic heterocycles. The Morgan fingerprint density at radius 3 is 2.50 bits per heavy atom. The first-order valence-corrected chi connectivity index (χ1v) is 9.82. The van der Waals surface area contributed by atoms with Gasteiger partial charge in [-0.15, -0.1) is 0 Å². The number of hydrogen-bond donors (Lipinski definition) is 1. The Labute approximate surface area is 176 Å². The van der Waals surface area contributed by atoms with Gasteiger partial charge in [0.1, 0.15) is 5.76 Å². The van der Waals surface area contributed by atoms with Crippen molar-refractivity contribution in [3.8, 4) is 11.3 Å². The van der Waals surface area contributed by atoms with Crippen molar-refractivity contribution in [1.82, 2.24) is 0 Å². The van der Waals surface area contributed by atoms with E-state index in [1.165, 1.54) is 12.1 Å². The van der Waals surface area contributed by atoms with E-state index in [2.05, 4.69) is 5.32 Å². The number of furan rings is 1. The van der Waals surface area contributed by atoms with E-state index in [9.17, 15) is 18.0 Å². The topological polar surface area (TPSA) is 45.5 Å². The highest BCUT2D eigenvalue weighted by Gasteiger charge is 2.32. The van der Waals surface area contributed by atoms with E-state index in [4.69, 9.17) is 16.0 Å². The van der Waals surface area contributed by atoms with Crippen molar-refractivity contribution in [2.24, 2.45) is 0 Å². The Morgan fingerprint density at radius 2 is 1.80 bits per heavy atom. The molecular weight excluding hydrogens is 417 g/mol. The van der Waals surface area contributed by atoms with Crippen LogP contribution in [0.1, 0.15) is 29.0 Å². The van der Waals surface area contributed by atoms with Crippen LogP contribution >= 0.6 is 11.6 Å². The Bertz CT molecular complexity index is 1070. The number of carbonyl (C=O) groups is 1. The molecule has 0 atom stereocenters. The highest BCUT2D eigenvalue weighted by molar-refractivity contribution is 6.30. The molecule has 0 aliphatic carbocycles. The van der Waals surface area contributed by atoms with E-state index >= 15 is 0 Å². The summed E-state index contributed by atoms with van der Waals surface area (Å²) in [4.78, 5) is 14.7. The SMILES string of the molecule is O=C(Nc1cc(C(F)(F)F)ccc1N1CCCC1)c1ccc(-c2cccc(Cl)c2)o1. The first-order chi connectivity index (χ1) is 14.3. The van der Waals surface area contributed by atoms with Crippen molar-refractivity contribution in [1.29, 1.82) is 0 Å². The molecule has 0 saturated carbocycles. The van der Waals surface area contributed by atoms with Crippen LogP contribution in [0, 0.1) is 0 Å². The summed E-state index contributed by atoms with van der Waals surface area (Å²) in [6.45, 7) is 1.46. The summed E-state index contributed by atoms with van der Waals surface area (Å²) < 4.78 is 45.2. The van der Waals surface area contributed by atoms with Gasteiger partial charge in [-0.2, -0.15) is 13.2 Å². The maximum atomic E-state index is 13.2. The molecule has 156 valence electrons. The first kappa shape index (κ1) is 20.3. The number of anilines is 2. The lowest BCUT2D eigenvalue weighted by atomic mass is 10.1. The molecule has 1 N–H and O–H groups in total. The molecule has 3 aromatic rings. The first-order valence-electron chi connectivity index (χ1n) is 9.44. The molecular formula is C22H18ClF3N2O2. The molecule has 1 aromatic heterocycles. The molecule has 0 unspecified atom stereocenters. The van der Waals surface area contributed by atoms with Crippen LogP contribution in [-0.4, -0.2) is 19.0 Å². The molecule has 1 amide bonds. The molecule has 0 spiro atoms. The van der Waals surface area contributed by atoms with Crippen molar-refractivity contribution in [3.63, 3.8) is 0 Å². The van der Waals surface area contributed by atoms with Gasteiger partial charge in [-0.1, -0.05) is 23.7 Å². The molecule has 2 heterocycles. The number of nitrogens with one attached hydrogen (secondary N) is 1. The molecule has 2 aromatic carbocycles. The fraction of sp³-hybridized carbons (Fsp3) is 0.227. The van der Waals surface area contributed by atoms with E-state index in [0.29, 0.717) is 22.0 Å². The van der Waals surface area contributed by atoms with Crippen molar-refractivity contribution >= 4 is 28.9 Å². The van der Waals surface area contributed by atoms with Crippen LogP contribution in [0.3, 0.4) is 0 Å². The molecule has 4 nitrogen and oxygen atoms in total. The number of rotatable bonds is 4. The predicted molar refractivity (Wildman–Crippen MR) is 110 cm³/mol. The van der Waals surface area contributed by atoms with Gasteiger partial charge in [-0.25, -0.2) is 0 Å². The van der Waals surface area contributed by atoms with Crippen molar-refractivity contribution in [3.05, 3.63) is 70.9 Å². The fourth-order valence-electron chi connectivity index (χ4n) is 3.49. The van der Waals surface area contributed by atoms with Crippen LogP contribution in [0.25, 0.3) is 11.3 Å². The number of nitrogens with zero attached hydrogens (tertiary/aromatic N) is 1. The standard InChI is InChI=1S/C22H18ClF3N2O2/c23-16-5-3-4-14(12-16)19-8-9-20(30-19)21(29)27-17-13-15(22(24,25)26)6-7-18(17)28-10-1-2-11-28/h3-9,12-13H,1-2,10-11H2,(H,27,29). The summed E-state index contributed by atoms with van der Waals surface area (Å²) in [5.41, 5.74) is 0.547. The van der Waals surface area contributed by atoms with Crippen molar-refractivity contribution in [2.75, 3.05) is 23.3 Å². The normalized spacial score (nSPS) is 14.2. The van der Waals surface area contributed by atoms with E-state index < -0.39 is 17.6 Å². The third kappa shape index (κ3) is 4.31. The average Bonchev–Trinajstić information content (AvgIpc) is 3.39. The zero-order valence-electron chi connectivity index (χ0n) is 15.8. The van der Waals surface area contributed by atoms with Gasteiger partial charge < -0.3 is 14.6 Å².